The summed E-state index contributed by atoms with van der Waals surface area (Å²) in [5.74, 6) is -0.307. The largest absolute Gasteiger partial charge is 0.464 e. The molecule has 0 bridgehead atoms. The molecule has 3 heteroatoms. The Balaban J connectivity index is 3.77. The second-order valence-electron chi connectivity index (χ2n) is 5.02. The molecule has 0 amide bonds. The van der Waals surface area contributed by atoms with Crippen molar-refractivity contribution in [3.63, 3.8) is 0 Å². The predicted molar refractivity (Wildman–Crippen MR) is 62.5 cm³/mol. The molecule has 3 nitrogen and oxygen atoms in total. The smallest absolute Gasteiger partial charge is 0.322 e. The molecule has 0 spiro atoms. The first kappa shape index (κ1) is 14.4. The molecule has 0 aromatic heterocycles. The average molecular weight is 215 g/mol. The number of hydrogen-bond donors (Lipinski definition) is 1. The number of hydrogen-bond acceptors (Lipinski definition) is 3. The third-order valence-electron chi connectivity index (χ3n) is 2.43. The molecule has 2 N–H and O–H groups in total. The lowest BCUT2D eigenvalue weighted by Crippen LogP contribution is -2.32. The Morgan fingerprint density at radius 3 is 2.47 bits per heavy atom. The van der Waals surface area contributed by atoms with E-state index in [1.165, 1.54) is 19.3 Å². The van der Waals surface area contributed by atoms with Gasteiger partial charge in [0.2, 0.25) is 0 Å². The monoisotopic (exact) mass is 215 g/mol. The van der Waals surface area contributed by atoms with Gasteiger partial charge in [0.1, 0.15) is 6.04 Å². The van der Waals surface area contributed by atoms with Crippen molar-refractivity contribution < 1.29 is 9.53 Å². The van der Waals surface area contributed by atoms with Gasteiger partial charge in [-0.05, 0) is 18.8 Å². The molecule has 0 aromatic carbocycles. The zero-order chi connectivity index (χ0) is 11.9. The third kappa shape index (κ3) is 7.37. The van der Waals surface area contributed by atoms with E-state index in [4.69, 9.17) is 10.5 Å². The van der Waals surface area contributed by atoms with E-state index >= 15 is 0 Å². The van der Waals surface area contributed by atoms with Crippen LogP contribution in [0.5, 0.6) is 0 Å². The van der Waals surface area contributed by atoms with Crippen molar-refractivity contribution in [2.45, 2.75) is 59.4 Å². The summed E-state index contributed by atoms with van der Waals surface area (Å²) in [6, 6.07) is -0.517. The molecule has 15 heavy (non-hydrogen) atoms. The molecule has 0 aliphatic heterocycles. The number of ether oxygens (including phenoxy) is 1. The van der Waals surface area contributed by atoms with Gasteiger partial charge in [-0.25, -0.2) is 0 Å². The van der Waals surface area contributed by atoms with E-state index in [2.05, 4.69) is 20.8 Å². The average Bonchev–Trinajstić information content (AvgIpc) is 2.14. The quantitative estimate of drug-likeness (QED) is 0.524. The third-order valence-corrected chi connectivity index (χ3v) is 2.43. The highest BCUT2D eigenvalue weighted by atomic mass is 16.5. The van der Waals surface area contributed by atoms with Crippen LogP contribution in [-0.4, -0.2) is 18.6 Å². The Kier molecular flexibility index (Phi) is 6.57. The molecule has 0 aliphatic rings. The van der Waals surface area contributed by atoms with E-state index in [0.29, 0.717) is 6.61 Å². The number of nitrogens with two attached hydrogens (primary N) is 1. The van der Waals surface area contributed by atoms with Crippen LogP contribution >= 0.6 is 0 Å². The second kappa shape index (κ2) is 6.83. The molecular weight excluding hydrogens is 190 g/mol. The summed E-state index contributed by atoms with van der Waals surface area (Å²) in [5, 5.41) is 0. The first-order valence-electron chi connectivity index (χ1n) is 5.81. The topological polar surface area (TPSA) is 52.3 Å². The summed E-state index contributed by atoms with van der Waals surface area (Å²) in [4.78, 5) is 11.2. The van der Waals surface area contributed by atoms with Crippen molar-refractivity contribution in [3.05, 3.63) is 0 Å². The van der Waals surface area contributed by atoms with Crippen LogP contribution in [-0.2, 0) is 9.53 Å². The minimum absolute atomic E-state index is 0.0692. The van der Waals surface area contributed by atoms with Gasteiger partial charge in [0.25, 0.3) is 0 Å². The van der Waals surface area contributed by atoms with Crippen molar-refractivity contribution in [1.29, 1.82) is 0 Å². The molecule has 0 saturated carbocycles. The van der Waals surface area contributed by atoms with Gasteiger partial charge in [-0.3, -0.25) is 4.79 Å². The van der Waals surface area contributed by atoms with Gasteiger partial charge in [-0.1, -0.05) is 40.0 Å². The lowest BCUT2D eigenvalue weighted by atomic mass is 9.88. The molecule has 0 aromatic rings. The van der Waals surface area contributed by atoms with Crippen LogP contribution in [0.3, 0.4) is 0 Å². The van der Waals surface area contributed by atoms with Gasteiger partial charge in [0, 0.05) is 0 Å². The normalized spacial score (nSPS) is 13.7. The first-order valence-corrected chi connectivity index (χ1v) is 5.81. The number of esters is 1. The van der Waals surface area contributed by atoms with Crippen molar-refractivity contribution in [2.75, 3.05) is 6.61 Å². The number of unbranched alkanes of at least 4 members (excludes halogenated alkanes) is 2. The zero-order valence-electron chi connectivity index (χ0n) is 10.5. The van der Waals surface area contributed by atoms with E-state index in [9.17, 15) is 4.79 Å². The maximum absolute atomic E-state index is 11.2. The number of carbonyl (C=O) groups is 1. The highest BCUT2D eigenvalue weighted by Gasteiger charge is 2.20. The second-order valence-corrected chi connectivity index (χ2v) is 5.02. The van der Waals surface area contributed by atoms with Gasteiger partial charge in [0.05, 0.1) is 6.61 Å². The first-order chi connectivity index (χ1) is 6.89. The highest BCUT2D eigenvalue weighted by molar-refractivity contribution is 5.74. The van der Waals surface area contributed by atoms with Crippen LogP contribution in [0, 0.1) is 5.41 Å². The Morgan fingerprint density at radius 1 is 1.40 bits per heavy atom. The van der Waals surface area contributed by atoms with Crippen molar-refractivity contribution in [2.24, 2.45) is 11.1 Å². The van der Waals surface area contributed by atoms with Gasteiger partial charge in [-0.15, -0.1) is 0 Å². The van der Waals surface area contributed by atoms with E-state index in [-0.39, 0.29) is 11.4 Å². The van der Waals surface area contributed by atoms with Crippen molar-refractivity contribution in [3.8, 4) is 0 Å². The lowest BCUT2D eigenvalue weighted by Gasteiger charge is -2.24. The molecule has 0 radical (unpaired) electrons. The zero-order valence-corrected chi connectivity index (χ0v) is 10.5. The fourth-order valence-corrected chi connectivity index (χ4v) is 1.32. The van der Waals surface area contributed by atoms with Crippen LogP contribution < -0.4 is 5.73 Å². The van der Waals surface area contributed by atoms with E-state index in [1.807, 2.05) is 0 Å². The Morgan fingerprint density at radius 2 is 2.00 bits per heavy atom. The van der Waals surface area contributed by atoms with Crippen molar-refractivity contribution in [1.82, 2.24) is 0 Å². The summed E-state index contributed by atoms with van der Waals surface area (Å²) < 4.78 is 5.13. The van der Waals surface area contributed by atoms with Crippen LogP contribution in [0.2, 0.25) is 0 Å². The predicted octanol–water partition coefficient (Wildman–Crippen LogP) is 2.48. The summed E-state index contributed by atoms with van der Waals surface area (Å²) in [7, 11) is 0. The molecule has 0 saturated heterocycles. The van der Waals surface area contributed by atoms with Crippen LogP contribution in [0.4, 0.5) is 0 Å². The lowest BCUT2D eigenvalue weighted by molar-refractivity contribution is -0.148. The van der Waals surface area contributed by atoms with Gasteiger partial charge >= 0.3 is 5.97 Å². The number of rotatable bonds is 7. The summed E-state index contributed by atoms with van der Waals surface area (Å²) in [5.41, 5.74) is 5.48. The van der Waals surface area contributed by atoms with Crippen LogP contribution in [0.15, 0.2) is 0 Å². The fraction of sp³-hybridized carbons (Fsp3) is 0.917. The maximum atomic E-state index is 11.2. The molecule has 0 aliphatic carbocycles. The summed E-state index contributed by atoms with van der Waals surface area (Å²) in [6.07, 6.45) is 4.74. The Bertz CT molecular complexity index is 188. The molecular formula is C12H25NO2. The Labute approximate surface area is 93.4 Å². The highest BCUT2D eigenvalue weighted by Crippen LogP contribution is 2.24. The molecule has 1 unspecified atom stereocenters. The standard InChI is InChI=1S/C12H25NO2/c1-5-6-7-8-12(3,4)9-15-11(14)10(2)13/h10H,5-9,13H2,1-4H3. The molecule has 90 valence electrons. The van der Waals surface area contributed by atoms with E-state index < -0.39 is 6.04 Å². The van der Waals surface area contributed by atoms with E-state index in [0.717, 1.165) is 6.42 Å². The van der Waals surface area contributed by atoms with Gasteiger partial charge in [0.15, 0.2) is 0 Å². The van der Waals surface area contributed by atoms with Crippen LogP contribution in [0.25, 0.3) is 0 Å². The fourth-order valence-electron chi connectivity index (χ4n) is 1.32. The Hall–Kier alpha value is -0.570. The molecule has 0 rings (SSSR count). The molecule has 1 atom stereocenters. The van der Waals surface area contributed by atoms with Gasteiger partial charge < -0.3 is 10.5 Å². The van der Waals surface area contributed by atoms with Crippen LogP contribution in [0.1, 0.15) is 53.4 Å². The maximum Gasteiger partial charge on any atom is 0.322 e. The summed E-state index contributed by atoms with van der Waals surface area (Å²) >= 11 is 0. The SMILES string of the molecule is CCCCCC(C)(C)COC(=O)C(C)N. The molecule has 0 fully saturated rings. The minimum Gasteiger partial charge on any atom is -0.464 e. The number of carbonyl (C=O) groups excluding carboxylic acids is 1. The van der Waals surface area contributed by atoms with Crippen molar-refractivity contribution >= 4 is 5.97 Å². The minimum atomic E-state index is -0.517. The molecule has 0 heterocycles. The van der Waals surface area contributed by atoms with Gasteiger partial charge in [-0.2, -0.15) is 0 Å². The summed E-state index contributed by atoms with van der Waals surface area (Å²) in [6.45, 7) is 8.54. The van der Waals surface area contributed by atoms with E-state index in [1.54, 1.807) is 6.92 Å².